The Hall–Kier alpha value is -4.89. The topological polar surface area (TPSA) is 145 Å². The fraction of sp³-hybridized carbons (Fsp3) is 0.0370. The van der Waals surface area contributed by atoms with Crippen molar-refractivity contribution >= 4 is 70.0 Å². The van der Waals surface area contributed by atoms with Gasteiger partial charge < -0.3 is 10.6 Å². The fourth-order valence-corrected chi connectivity index (χ4v) is 3.99. The maximum Gasteiger partial charge on any atom is 0.273 e. The van der Waals surface area contributed by atoms with Crippen LogP contribution >= 0.6 is 34.8 Å². The van der Waals surface area contributed by atoms with Gasteiger partial charge in [-0.05, 0) is 60.7 Å². The van der Waals surface area contributed by atoms with E-state index in [9.17, 15) is 10.1 Å². The zero-order valence-electron chi connectivity index (χ0n) is 21.2. The summed E-state index contributed by atoms with van der Waals surface area (Å²) in [5, 5.41) is 17.5. The van der Waals surface area contributed by atoms with Gasteiger partial charge in [0.05, 0.1) is 5.69 Å². The molecule has 3 aromatic carbocycles. The number of benzene rings is 3. The number of aromatic nitrogens is 5. The third-order valence-electron chi connectivity index (χ3n) is 5.64. The Bertz CT molecular complexity index is 1740. The molecule has 5 aromatic rings. The average molecular weight is 606 g/mol. The second-order valence-electron chi connectivity index (χ2n) is 8.46. The minimum absolute atomic E-state index is 0.0968. The Labute approximate surface area is 248 Å². The molecule has 0 aliphatic rings. The molecule has 0 aliphatic heterocycles. The van der Waals surface area contributed by atoms with Crippen LogP contribution in [-0.2, 0) is 7.05 Å². The number of hydrazine groups is 1. The van der Waals surface area contributed by atoms with E-state index in [4.69, 9.17) is 34.8 Å². The first-order valence-corrected chi connectivity index (χ1v) is 13.0. The highest BCUT2D eigenvalue weighted by molar-refractivity contribution is 6.31. The van der Waals surface area contributed by atoms with Crippen molar-refractivity contribution in [1.29, 1.82) is 5.26 Å². The Morgan fingerprint density at radius 1 is 0.683 bits per heavy atom. The van der Waals surface area contributed by atoms with Crippen LogP contribution in [0.5, 0.6) is 0 Å². The van der Waals surface area contributed by atoms with Gasteiger partial charge in [-0.3, -0.25) is 20.2 Å². The summed E-state index contributed by atoms with van der Waals surface area (Å²) in [6, 6.07) is 22.6. The molecule has 0 spiro atoms. The average Bonchev–Trinajstić information content (AvgIpc) is 2.96. The third-order valence-corrected chi connectivity index (χ3v) is 6.40. The number of nitrogens with zero attached hydrogens (tertiary/aromatic N) is 6. The van der Waals surface area contributed by atoms with Crippen LogP contribution in [0.1, 0.15) is 5.56 Å². The molecule has 0 amide bonds. The maximum atomic E-state index is 13.0. The standard InChI is InChI=1S/C27H19Cl3N10O/c1-40-23(41)21(14-31)22(15-2-4-16(28)5-3-15)34-27(40)39-38-26-36-24(32-19-10-6-17(29)7-11-19)35-25(37-26)33-20-12-8-18(30)9-13-20/h2-13H,1H3,(H,34,39)(H3,32,33,35,36,37,38). The molecule has 0 fully saturated rings. The van der Waals surface area contributed by atoms with Gasteiger partial charge in [-0.1, -0.05) is 46.9 Å². The van der Waals surface area contributed by atoms with Crippen molar-refractivity contribution in [3.63, 3.8) is 0 Å². The maximum absolute atomic E-state index is 13.0. The van der Waals surface area contributed by atoms with Crippen molar-refractivity contribution in [2.45, 2.75) is 0 Å². The van der Waals surface area contributed by atoms with Gasteiger partial charge in [0, 0.05) is 39.1 Å². The number of rotatable bonds is 8. The minimum Gasteiger partial charge on any atom is -0.324 e. The van der Waals surface area contributed by atoms with Crippen LogP contribution in [0.25, 0.3) is 11.3 Å². The van der Waals surface area contributed by atoms with Crippen LogP contribution in [0.15, 0.2) is 77.6 Å². The molecule has 0 unspecified atom stereocenters. The van der Waals surface area contributed by atoms with Gasteiger partial charge in [0.2, 0.25) is 23.8 Å². The number of nitriles is 1. The van der Waals surface area contributed by atoms with Crippen molar-refractivity contribution in [3.8, 4) is 17.3 Å². The smallest absolute Gasteiger partial charge is 0.273 e. The van der Waals surface area contributed by atoms with Gasteiger partial charge >= 0.3 is 0 Å². The summed E-state index contributed by atoms with van der Waals surface area (Å²) in [5.74, 6) is 0.636. The molecule has 11 nitrogen and oxygen atoms in total. The molecule has 4 N–H and O–H groups in total. The summed E-state index contributed by atoms with van der Waals surface area (Å²) >= 11 is 18.0. The van der Waals surface area contributed by atoms with Crippen LogP contribution in [0, 0.1) is 11.3 Å². The third kappa shape index (κ3) is 6.64. The van der Waals surface area contributed by atoms with Crippen LogP contribution < -0.4 is 27.0 Å². The lowest BCUT2D eigenvalue weighted by Crippen LogP contribution is -2.27. The van der Waals surface area contributed by atoms with Gasteiger partial charge in [-0.15, -0.1) is 0 Å². The van der Waals surface area contributed by atoms with Gasteiger partial charge in [-0.2, -0.15) is 20.2 Å². The predicted molar refractivity (Wildman–Crippen MR) is 161 cm³/mol. The summed E-state index contributed by atoms with van der Waals surface area (Å²) < 4.78 is 1.20. The molecule has 5 rings (SSSR count). The minimum atomic E-state index is -0.539. The van der Waals surface area contributed by atoms with Gasteiger partial charge in [0.15, 0.2) is 0 Å². The summed E-state index contributed by atoms with van der Waals surface area (Å²) in [6.45, 7) is 0. The van der Waals surface area contributed by atoms with Crippen molar-refractivity contribution < 1.29 is 0 Å². The zero-order valence-corrected chi connectivity index (χ0v) is 23.4. The first-order valence-electron chi connectivity index (χ1n) is 11.9. The molecule has 2 aromatic heterocycles. The highest BCUT2D eigenvalue weighted by atomic mass is 35.5. The van der Waals surface area contributed by atoms with Crippen molar-refractivity contribution in [2.24, 2.45) is 7.05 Å². The second kappa shape index (κ2) is 12.1. The number of hydrogen-bond donors (Lipinski definition) is 4. The van der Waals surface area contributed by atoms with E-state index in [-0.39, 0.29) is 35.1 Å². The van der Waals surface area contributed by atoms with E-state index in [0.29, 0.717) is 32.0 Å². The number of anilines is 6. The number of nitrogens with one attached hydrogen (secondary N) is 4. The highest BCUT2D eigenvalue weighted by Crippen LogP contribution is 2.24. The van der Waals surface area contributed by atoms with Crippen molar-refractivity contribution in [2.75, 3.05) is 21.5 Å². The first-order chi connectivity index (χ1) is 19.8. The molecule has 14 heteroatoms. The Kier molecular flexibility index (Phi) is 8.16. The molecule has 204 valence electrons. The van der Waals surface area contributed by atoms with Crippen LogP contribution in [0.3, 0.4) is 0 Å². The number of hydrogen-bond acceptors (Lipinski definition) is 10. The molecule has 0 radical (unpaired) electrons. The van der Waals surface area contributed by atoms with E-state index >= 15 is 0 Å². The van der Waals surface area contributed by atoms with Crippen molar-refractivity contribution in [1.82, 2.24) is 24.5 Å². The van der Waals surface area contributed by atoms with E-state index in [1.807, 2.05) is 6.07 Å². The molecule has 0 atom stereocenters. The van der Waals surface area contributed by atoms with Crippen LogP contribution in [0.2, 0.25) is 15.1 Å². The highest BCUT2D eigenvalue weighted by Gasteiger charge is 2.17. The molecular formula is C27H19Cl3N10O. The monoisotopic (exact) mass is 604 g/mol. The Balaban J connectivity index is 1.47. The van der Waals surface area contributed by atoms with E-state index in [0.717, 1.165) is 0 Å². The van der Waals surface area contributed by atoms with E-state index in [1.165, 1.54) is 11.6 Å². The lowest BCUT2D eigenvalue weighted by molar-refractivity contribution is 0.829. The quantitative estimate of drug-likeness (QED) is 0.147. The Morgan fingerprint density at radius 3 is 1.63 bits per heavy atom. The molecule has 0 aliphatic carbocycles. The predicted octanol–water partition coefficient (Wildman–Crippen LogP) is 6.39. The van der Waals surface area contributed by atoms with Crippen molar-refractivity contribution in [3.05, 3.63) is 104 Å². The molecule has 0 saturated carbocycles. The zero-order chi connectivity index (χ0) is 28.9. The van der Waals surface area contributed by atoms with Gasteiger partial charge in [0.25, 0.3) is 5.56 Å². The SMILES string of the molecule is Cn1c(NNc2nc(Nc3ccc(Cl)cc3)nc(Nc3ccc(Cl)cc3)n2)nc(-c2ccc(Cl)cc2)c(C#N)c1=O. The second-order valence-corrected chi connectivity index (χ2v) is 9.77. The first kappa shape index (κ1) is 27.7. The molecule has 41 heavy (non-hydrogen) atoms. The molecule has 0 saturated heterocycles. The summed E-state index contributed by atoms with van der Waals surface area (Å²) in [5.41, 5.74) is 7.22. The van der Waals surface area contributed by atoms with E-state index < -0.39 is 5.56 Å². The summed E-state index contributed by atoms with van der Waals surface area (Å²) in [4.78, 5) is 30.8. The van der Waals surface area contributed by atoms with E-state index in [2.05, 4.69) is 41.4 Å². The van der Waals surface area contributed by atoms with Gasteiger partial charge in [-0.25, -0.2) is 4.98 Å². The number of halogens is 3. The summed E-state index contributed by atoms with van der Waals surface area (Å²) in [7, 11) is 1.49. The van der Waals surface area contributed by atoms with Crippen LogP contribution in [0.4, 0.5) is 35.2 Å². The lowest BCUT2D eigenvalue weighted by Gasteiger charge is -2.15. The Morgan fingerprint density at radius 2 is 1.15 bits per heavy atom. The summed E-state index contributed by atoms with van der Waals surface area (Å²) in [6.07, 6.45) is 0. The largest absolute Gasteiger partial charge is 0.324 e. The molecule has 2 heterocycles. The van der Waals surface area contributed by atoms with E-state index in [1.54, 1.807) is 72.8 Å². The van der Waals surface area contributed by atoms with Gasteiger partial charge in [0.1, 0.15) is 11.6 Å². The fourth-order valence-electron chi connectivity index (χ4n) is 3.61. The normalized spacial score (nSPS) is 10.5. The molecule has 0 bridgehead atoms. The van der Waals surface area contributed by atoms with Crippen LogP contribution in [-0.4, -0.2) is 24.5 Å². The lowest BCUT2D eigenvalue weighted by atomic mass is 10.1. The molecular weight excluding hydrogens is 587 g/mol.